The second-order valence-corrected chi connectivity index (χ2v) is 18.7. The van der Waals surface area contributed by atoms with Crippen LogP contribution in [0.25, 0.3) is 0 Å². The molecule has 6 unspecified atom stereocenters. The molecular formula is C57H98O11. The van der Waals surface area contributed by atoms with E-state index in [1.165, 1.54) is 109 Å². The van der Waals surface area contributed by atoms with Gasteiger partial charge in [0.1, 0.15) is 24.9 Å². The second kappa shape index (κ2) is 46.3. The lowest BCUT2D eigenvalue weighted by atomic mass is 9.99. The van der Waals surface area contributed by atoms with Crippen LogP contribution in [0.5, 0.6) is 0 Å². The lowest BCUT2D eigenvalue weighted by Gasteiger charge is -2.38. The minimum atomic E-state index is -1.87. The van der Waals surface area contributed by atoms with E-state index in [0.717, 1.165) is 83.5 Å². The van der Waals surface area contributed by atoms with Gasteiger partial charge in [-0.2, -0.15) is 0 Å². The fourth-order valence-corrected chi connectivity index (χ4v) is 8.10. The van der Waals surface area contributed by atoms with Gasteiger partial charge in [0.25, 0.3) is 0 Å². The molecule has 0 aliphatic carbocycles. The minimum absolute atomic E-state index is 0.177. The number of unbranched alkanes of at least 4 members (excludes halogenated alkanes) is 25. The molecule has 0 amide bonds. The Morgan fingerprint density at radius 3 is 1.32 bits per heavy atom. The van der Waals surface area contributed by atoms with Crippen LogP contribution in [0.4, 0.5) is 0 Å². The number of esters is 2. The number of hydrogen-bond acceptors (Lipinski definition) is 10. The van der Waals surface area contributed by atoms with Gasteiger partial charge in [0.15, 0.2) is 18.5 Å². The molecule has 0 aromatic carbocycles. The first-order valence-electron chi connectivity index (χ1n) is 27.3. The topological polar surface area (TPSA) is 169 Å². The predicted octanol–water partition coefficient (Wildman–Crippen LogP) is 13.4. The van der Waals surface area contributed by atoms with Crippen molar-refractivity contribution in [3.63, 3.8) is 0 Å². The monoisotopic (exact) mass is 959 g/mol. The Labute approximate surface area is 413 Å². The zero-order valence-corrected chi connectivity index (χ0v) is 42.8. The molecule has 1 aliphatic rings. The molecule has 0 aromatic heterocycles. The number of carbonyl (C=O) groups excluding carboxylic acids is 2. The molecule has 0 radical (unpaired) electrons. The standard InChI is InChI=1S/C57H98O11/c1-3-5-7-9-11-13-15-17-19-21-23-24-25-26-28-30-32-34-36-38-40-42-44-46-51(59)67-49(48-66-57-54(62)52(60)53(61)55(68-57)56(63)64)47-65-50(58)45-43-41-39-37-35-33-31-29-27-22-20-18-16-14-12-10-8-6-4-2/h6,8,12,14,18,20-21,23,27,29,49,52-55,57,60-62H,3-5,7,9-11,13,15-17,19,22,24-26,28,30-48H2,1-2H3,(H,63,64)/b8-6-,14-12-,20-18-,23-21-,29-27-. The molecule has 6 atom stereocenters. The number of aliphatic carboxylic acids is 1. The maximum absolute atomic E-state index is 12.9. The highest BCUT2D eigenvalue weighted by molar-refractivity contribution is 5.73. The fraction of sp³-hybridized carbons (Fsp3) is 0.772. The Morgan fingerprint density at radius 2 is 0.868 bits per heavy atom. The van der Waals surface area contributed by atoms with Gasteiger partial charge >= 0.3 is 17.9 Å². The maximum Gasteiger partial charge on any atom is 0.335 e. The van der Waals surface area contributed by atoms with Crippen molar-refractivity contribution in [1.29, 1.82) is 0 Å². The van der Waals surface area contributed by atoms with E-state index in [1.807, 2.05) is 0 Å². The number of carboxylic acids is 1. The molecule has 1 heterocycles. The smallest absolute Gasteiger partial charge is 0.335 e. The van der Waals surface area contributed by atoms with E-state index in [2.05, 4.69) is 74.6 Å². The number of allylic oxidation sites excluding steroid dienone is 10. The van der Waals surface area contributed by atoms with E-state index in [1.54, 1.807) is 0 Å². The van der Waals surface area contributed by atoms with Gasteiger partial charge in [0.05, 0.1) is 6.61 Å². The number of carbonyl (C=O) groups is 3. The van der Waals surface area contributed by atoms with Gasteiger partial charge in [-0.1, -0.05) is 203 Å². The molecule has 1 saturated heterocycles. The lowest BCUT2D eigenvalue weighted by molar-refractivity contribution is -0.298. The molecule has 0 aromatic rings. The quantitative estimate of drug-likeness (QED) is 0.0260. The Bertz CT molecular complexity index is 1360. The van der Waals surface area contributed by atoms with Crippen molar-refractivity contribution in [3.05, 3.63) is 60.8 Å². The highest BCUT2D eigenvalue weighted by Crippen LogP contribution is 2.23. The van der Waals surface area contributed by atoms with Gasteiger partial charge in [0, 0.05) is 12.8 Å². The summed E-state index contributed by atoms with van der Waals surface area (Å²) >= 11 is 0. The number of aliphatic hydroxyl groups excluding tert-OH is 3. The largest absolute Gasteiger partial charge is 0.479 e. The number of carboxylic acid groups (broad SMARTS) is 1. The van der Waals surface area contributed by atoms with Crippen LogP contribution in [-0.4, -0.2) is 88.4 Å². The van der Waals surface area contributed by atoms with Crippen molar-refractivity contribution in [2.45, 2.75) is 269 Å². The van der Waals surface area contributed by atoms with Gasteiger partial charge in [-0.25, -0.2) is 4.79 Å². The van der Waals surface area contributed by atoms with Crippen LogP contribution in [0.3, 0.4) is 0 Å². The van der Waals surface area contributed by atoms with Gasteiger partial charge in [-0.15, -0.1) is 0 Å². The number of hydrogen-bond donors (Lipinski definition) is 4. The maximum atomic E-state index is 12.9. The first-order valence-corrected chi connectivity index (χ1v) is 27.3. The molecule has 1 rings (SSSR count). The van der Waals surface area contributed by atoms with E-state index in [0.29, 0.717) is 12.8 Å². The Hall–Kier alpha value is -3.09. The van der Waals surface area contributed by atoms with Crippen molar-refractivity contribution < 1.29 is 53.8 Å². The zero-order valence-electron chi connectivity index (χ0n) is 42.8. The number of rotatable bonds is 46. The van der Waals surface area contributed by atoms with Gasteiger partial charge in [-0.3, -0.25) is 9.59 Å². The molecule has 68 heavy (non-hydrogen) atoms. The third kappa shape index (κ3) is 36.8. The SMILES string of the molecule is CC/C=C\C/C=C\C/C=C\C/C=C\CCCCCCCCC(=O)OCC(COC1OC(C(=O)O)C(O)C(O)C1O)OC(=O)CCCCCCCCCCCCC/C=C\CCCCCCCCCC. The second-order valence-electron chi connectivity index (χ2n) is 18.7. The van der Waals surface area contributed by atoms with Gasteiger partial charge < -0.3 is 39.4 Å². The normalized spacial score (nSPS) is 19.3. The molecule has 1 fully saturated rings. The predicted molar refractivity (Wildman–Crippen MR) is 275 cm³/mol. The highest BCUT2D eigenvalue weighted by Gasteiger charge is 2.47. The fourth-order valence-electron chi connectivity index (χ4n) is 8.10. The Kier molecular flexibility index (Phi) is 42.8. The summed E-state index contributed by atoms with van der Waals surface area (Å²) in [5, 5.41) is 40.0. The molecule has 0 bridgehead atoms. The summed E-state index contributed by atoms with van der Waals surface area (Å²) in [5.74, 6) is -2.46. The number of aliphatic hydroxyl groups is 3. The van der Waals surface area contributed by atoms with Crippen LogP contribution in [0.15, 0.2) is 60.8 Å². The molecule has 11 nitrogen and oxygen atoms in total. The zero-order chi connectivity index (χ0) is 49.6. The summed E-state index contributed by atoms with van der Waals surface area (Å²) in [5.41, 5.74) is 0. The van der Waals surface area contributed by atoms with Crippen LogP contribution in [-0.2, 0) is 33.3 Å². The van der Waals surface area contributed by atoms with Crippen molar-refractivity contribution in [1.82, 2.24) is 0 Å². The van der Waals surface area contributed by atoms with Crippen LogP contribution >= 0.6 is 0 Å². The van der Waals surface area contributed by atoms with Crippen molar-refractivity contribution >= 4 is 17.9 Å². The third-order valence-electron chi connectivity index (χ3n) is 12.4. The van der Waals surface area contributed by atoms with Gasteiger partial charge in [0.2, 0.25) is 0 Å². The average Bonchev–Trinajstić information content (AvgIpc) is 3.32. The Morgan fingerprint density at radius 1 is 0.471 bits per heavy atom. The summed E-state index contributed by atoms with van der Waals surface area (Å²) < 4.78 is 21.8. The lowest BCUT2D eigenvalue weighted by Crippen LogP contribution is -2.60. The number of ether oxygens (including phenoxy) is 4. The van der Waals surface area contributed by atoms with Crippen molar-refractivity contribution in [3.8, 4) is 0 Å². The van der Waals surface area contributed by atoms with Crippen LogP contribution in [0.2, 0.25) is 0 Å². The van der Waals surface area contributed by atoms with E-state index in [9.17, 15) is 34.8 Å². The first-order chi connectivity index (χ1) is 33.2. The summed E-state index contributed by atoms with van der Waals surface area (Å²) in [6, 6.07) is 0. The molecule has 1 aliphatic heterocycles. The van der Waals surface area contributed by atoms with Crippen LogP contribution in [0, 0.1) is 0 Å². The van der Waals surface area contributed by atoms with E-state index >= 15 is 0 Å². The van der Waals surface area contributed by atoms with E-state index < -0.39 is 61.3 Å². The van der Waals surface area contributed by atoms with Crippen molar-refractivity contribution in [2.24, 2.45) is 0 Å². The van der Waals surface area contributed by atoms with Crippen molar-refractivity contribution in [2.75, 3.05) is 13.2 Å². The van der Waals surface area contributed by atoms with Crippen LogP contribution in [0.1, 0.15) is 232 Å². The van der Waals surface area contributed by atoms with E-state index in [4.69, 9.17) is 18.9 Å². The average molecular weight is 959 g/mol. The first kappa shape index (κ1) is 62.9. The van der Waals surface area contributed by atoms with E-state index in [-0.39, 0.29) is 19.4 Å². The van der Waals surface area contributed by atoms with Gasteiger partial charge in [-0.05, 0) is 77.0 Å². The highest BCUT2D eigenvalue weighted by atomic mass is 16.7. The molecule has 4 N–H and O–H groups in total. The summed E-state index contributed by atoms with van der Waals surface area (Å²) in [7, 11) is 0. The molecule has 0 saturated carbocycles. The molecule has 11 heteroatoms. The molecule has 392 valence electrons. The molecular weight excluding hydrogens is 861 g/mol. The Balaban J connectivity index is 2.27. The summed E-state index contributed by atoms with van der Waals surface area (Å²) in [6.45, 7) is 3.72. The minimum Gasteiger partial charge on any atom is -0.479 e. The molecule has 0 spiro atoms. The van der Waals surface area contributed by atoms with Crippen LogP contribution < -0.4 is 0 Å². The summed E-state index contributed by atoms with van der Waals surface area (Å²) in [4.78, 5) is 37.1. The third-order valence-corrected chi connectivity index (χ3v) is 12.4. The summed E-state index contributed by atoms with van der Waals surface area (Å²) in [6.07, 6.45) is 49.8.